The van der Waals surface area contributed by atoms with Crippen LogP contribution >= 0.6 is 0 Å². The van der Waals surface area contributed by atoms with Gasteiger partial charge in [0.1, 0.15) is 5.75 Å². The number of ether oxygens (including phenoxy) is 1. The summed E-state index contributed by atoms with van der Waals surface area (Å²) in [7, 11) is 0. The van der Waals surface area contributed by atoms with E-state index in [4.69, 9.17) is 10.00 Å². The van der Waals surface area contributed by atoms with E-state index in [1.165, 1.54) is 5.56 Å². The topological polar surface area (TPSA) is 74.5 Å². The number of benzene rings is 2. The second-order valence-corrected chi connectivity index (χ2v) is 4.80. The lowest BCUT2D eigenvalue weighted by Crippen LogP contribution is -2.24. The van der Waals surface area contributed by atoms with Crippen molar-refractivity contribution in [3.05, 3.63) is 65.7 Å². The molecule has 5 heteroatoms. The van der Waals surface area contributed by atoms with Crippen LogP contribution in [0.3, 0.4) is 0 Å². The molecule has 2 aromatic rings. The molecule has 1 amide bonds. The van der Waals surface area contributed by atoms with Gasteiger partial charge in [-0.2, -0.15) is 10.4 Å². The second-order valence-electron chi connectivity index (χ2n) is 4.80. The maximum Gasteiger partial charge on any atom is 0.277 e. The van der Waals surface area contributed by atoms with Crippen LogP contribution in [0, 0.1) is 11.3 Å². The van der Waals surface area contributed by atoms with Gasteiger partial charge in [-0.1, -0.05) is 30.3 Å². The third kappa shape index (κ3) is 6.02. The maximum atomic E-state index is 11.6. The highest BCUT2D eigenvalue weighted by Gasteiger charge is 2.01. The highest BCUT2D eigenvalue weighted by atomic mass is 16.5. The Hall–Kier alpha value is -3.13. The van der Waals surface area contributed by atoms with E-state index in [0.29, 0.717) is 11.3 Å². The monoisotopic (exact) mass is 307 g/mol. The predicted octanol–water partition coefficient (Wildman–Crippen LogP) is 2.67. The predicted molar refractivity (Wildman–Crippen MR) is 88.0 cm³/mol. The molecule has 0 saturated carbocycles. The van der Waals surface area contributed by atoms with Crippen LogP contribution in [0.5, 0.6) is 5.75 Å². The second kappa shape index (κ2) is 9.00. The van der Waals surface area contributed by atoms with E-state index in [0.717, 1.165) is 12.8 Å². The number of aryl methyl sites for hydroxylation is 1. The van der Waals surface area contributed by atoms with E-state index in [1.54, 1.807) is 30.5 Å². The van der Waals surface area contributed by atoms with E-state index in [2.05, 4.69) is 22.7 Å². The number of nitrogens with zero attached hydrogens (tertiary/aromatic N) is 2. The Morgan fingerprint density at radius 2 is 1.91 bits per heavy atom. The number of hydrogen-bond donors (Lipinski definition) is 1. The molecule has 116 valence electrons. The van der Waals surface area contributed by atoms with Crippen molar-refractivity contribution in [3.63, 3.8) is 0 Å². The number of rotatable bonds is 7. The van der Waals surface area contributed by atoms with Crippen molar-refractivity contribution in [2.75, 3.05) is 6.61 Å². The fourth-order valence-electron chi connectivity index (χ4n) is 1.86. The largest absolute Gasteiger partial charge is 0.484 e. The summed E-state index contributed by atoms with van der Waals surface area (Å²) in [5, 5.41) is 12.6. The van der Waals surface area contributed by atoms with Crippen LogP contribution in [0.2, 0.25) is 0 Å². The lowest BCUT2D eigenvalue weighted by Gasteiger charge is -2.04. The first-order chi connectivity index (χ1) is 11.3. The standard InChI is InChI=1S/C18H17N3O2/c19-13-16-8-10-17(11-9-16)23-14-18(22)21-20-12-4-7-15-5-2-1-3-6-15/h1-3,5-6,8-12H,4,7,14H2,(H,21,22)/b20-12-. The minimum Gasteiger partial charge on any atom is -0.484 e. The first-order valence-electron chi connectivity index (χ1n) is 7.25. The smallest absolute Gasteiger partial charge is 0.277 e. The third-order valence-electron chi connectivity index (χ3n) is 3.04. The maximum absolute atomic E-state index is 11.6. The molecule has 0 radical (unpaired) electrons. The Bertz CT molecular complexity index is 688. The van der Waals surface area contributed by atoms with Gasteiger partial charge in [-0.15, -0.1) is 0 Å². The fraction of sp³-hybridized carbons (Fsp3) is 0.167. The van der Waals surface area contributed by atoms with Crippen molar-refractivity contribution >= 4 is 12.1 Å². The minimum atomic E-state index is -0.328. The molecule has 0 bridgehead atoms. The average Bonchev–Trinajstić information content (AvgIpc) is 2.61. The summed E-state index contributed by atoms with van der Waals surface area (Å²) in [6.07, 6.45) is 3.30. The average molecular weight is 307 g/mol. The van der Waals surface area contributed by atoms with Gasteiger partial charge in [-0.3, -0.25) is 4.79 Å². The molecular formula is C18H17N3O2. The van der Waals surface area contributed by atoms with E-state index in [9.17, 15) is 4.79 Å². The number of hydrogen-bond acceptors (Lipinski definition) is 4. The van der Waals surface area contributed by atoms with Crippen LogP contribution in [0.1, 0.15) is 17.5 Å². The zero-order valence-corrected chi connectivity index (χ0v) is 12.6. The summed E-state index contributed by atoms with van der Waals surface area (Å²) in [6, 6.07) is 18.7. The van der Waals surface area contributed by atoms with E-state index < -0.39 is 0 Å². The van der Waals surface area contributed by atoms with Gasteiger partial charge in [0.05, 0.1) is 11.6 Å². The molecule has 0 fully saturated rings. The molecule has 0 aliphatic carbocycles. The molecule has 0 aliphatic rings. The molecule has 0 heterocycles. The van der Waals surface area contributed by atoms with E-state index in [-0.39, 0.29) is 12.5 Å². The van der Waals surface area contributed by atoms with Gasteiger partial charge < -0.3 is 4.74 Å². The molecule has 0 aliphatic heterocycles. The van der Waals surface area contributed by atoms with Crippen LogP contribution in [-0.2, 0) is 11.2 Å². The molecule has 2 aromatic carbocycles. The number of carbonyl (C=O) groups excluding carboxylic acids is 1. The normalized spacial score (nSPS) is 10.2. The lowest BCUT2D eigenvalue weighted by molar-refractivity contribution is -0.123. The molecule has 0 atom stereocenters. The molecule has 0 unspecified atom stereocenters. The Morgan fingerprint density at radius 3 is 2.61 bits per heavy atom. The Labute approximate surface area is 135 Å². The Balaban J connectivity index is 1.64. The zero-order chi connectivity index (χ0) is 16.3. The first kappa shape index (κ1) is 16.2. The van der Waals surface area contributed by atoms with Gasteiger partial charge >= 0.3 is 0 Å². The summed E-state index contributed by atoms with van der Waals surface area (Å²) >= 11 is 0. The van der Waals surface area contributed by atoms with Crippen molar-refractivity contribution in [1.82, 2.24) is 5.43 Å². The SMILES string of the molecule is N#Cc1ccc(OCC(=O)N/N=C\CCc2ccccc2)cc1. The van der Waals surface area contributed by atoms with Gasteiger partial charge in [-0.25, -0.2) is 5.43 Å². The lowest BCUT2D eigenvalue weighted by atomic mass is 10.1. The first-order valence-corrected chi connectivity index (χ1v) is 7.25. The van der Waals surface area contributed by atoms with Crippen LogP contribution in [0.25, 0.3) is 0 Å². The number of nitriles is 1. The summed E-state index contributed by atoms with van der Waals surface area (Å²) in [6.45, 7) is -0.123. The minimum absolute atomic E-state index is 0.123. The molecule has 5 nitrogen and oxygen atoms in total. The number of carbonyl (C=O) groups is 1. The third-order valence-corrected chi connectivity index (χ3v) is 3.04. The van der Waals surface area contributed by atoms with Crippen molar-refractivity contribution in [2.24, 2.45) is 5.10 Å². The van der Waals surface area contributed by atoms with Crippen LogP contribution in [-0.4, -0.2) is 18.7 Å². The van der Waals surface area contributed by atoms with Crippen molar-refractivity contribution in [1.29, 1.82) is 5.26 Å². The van der Waals surface area contributed by atoms with Crippen LogP contribution in [0.4, 0.5) is 0 Å². The van der Waals surface area contributed by atoms with Crippen molar-refractivity contribution < 1.29 is 9.53 Å². The van der Waals surface area contributed by atoms with Crippen LogP contribution in [0.15, 0.2) is 59.7 Å². The number of amides is 1. The molecule has 0 spiro atoms. The summed E-state index contributed by atoms with van der Waals surface area (Å²) in [5.41, 5.74) is 4.19. The molecule has 2 rings (SSSR count). The summed E-state index contributed by atoms with van der Waals surface area (Å²) in [4.78, 5) is 11.6. The Morgan fingerprint density at radius 1 is 1.17 bits per heavy atom. The molecule has 0 saturated heterocycles. The van der Waals surface area contributed by atoms with Gasteiger partial charge in [-0.05, 0) is 42.7 Å². The van der Waals surface area contributed by atoms with Gasteiger partial charge in [0.15, 0.2) is 6.61 Å². The van der Waals surface area contributed by atoms with Gasteiger partial charge in [0.25, 0.3) is 5.91 Å². The van der Waals surface area contributed by atoms with Crippen molar-refractivity contribution in [2.45, 2.75) is 12.8 Å². The van der Waals surface area contributed by atoms with E-state index in [1.807, 2.05) is 24.3 Å². The van der Waals surface area contributed by atoms with Crippen LogP contribution < -0.4 is 10.2 Å². The Kier molecular flexibility index (Phi) is 6.36. The highest BCUT2D eigenvalue weighted by molar-refractivity contribution is 5.78. The summed E-state index contributed by atoms with van der Waals surface area (Å²) < 4.78 is 5.30. The quantitative estimate of drug-likeness (QED) is 0.631. The summed E-state index contributed by atoms with van der Waals surface area (Å²) in [5.74, 6) is 0.206. The molecule has 1 N–H and O–H groups in total. The zero-order valence-electron chi connectivity index (χ0n) is 12.6. The molecule has 0 aromatic heterocycles. The number of nitrogens with one attached hydrogen (secondary N) is 1. The van der Waals surface area contributed by atoms with Gasteiger partial charge in [0, 0.05) is 6.21 Å². The number of hydrazone groups is 1. The van der Waals surface area contributed by atoms with Gasteiger partial charge in [0.2, 0.25) is 0 Å². The fourth-order valence-corrected chi connectivity index (χ4v) is 1.86. The van der Waals surface area contributed by atoms with Crippen molar-refractivity contribution in [3.8, 4) is 11.8 Å². The molecule has 23 heavy (non-hydrogen) atoms. The van der Waals surface area contributed by atoms with E-state index >= 15 is 0 Å². The molecular weight excluding hydrogens is 290 g/mol. The highest BCUT2D eigenvalue weighted by Crippen LogP contribution is 2.11.